The second kappa shape index (κ2) is 5.03. The van der Waals surface area contributed by atoms with Gasteiger partial charge in [0.15, 0.2) is 0 Å². The molecule has 1 aromatic rings. The number of aromatic nitrogens is 2. The van der Waals surface area contributed by atoms with Crippen molar-refractivity contribution in [2.75, 3.05) is 18.5 Å². The van der Waals surface area contributed by atoms with Gasteiger partial charge in [0.2, 0.25) is 16.0 Å². The highest BCUT2D eigenvalue weighted by molar-refractivity contribution is 7.89. The summed E-state index contributed by atoms with van der Waals surface area (Å²) in [6, 6.07) is 0. The maximum Gasteiger partial charge on any atom is 0.246 e. The summed E-state index contributed by atoms with van der Waals surface area (Å²) in [4.78, 5) is 7.77. The van der Waals surface area contributed by atoms with Crippen LogP contribution in [0.25, 0.3) is 0 Å². The number of rotatable bonds is 3. The summed E-state index contributed by atoms with van der Waals surface area (Å²) in [5.74, 6) is 5.34. The average molecular weight is 285 g/mol. The average Bonchev–Trinajstić information content (AvgIpc) is 2.38. The second-order valence-electron chi connectivity index (χ2n) is 5.46. The van der Waals surface area contributed by atoms with Crippen LogP contribution in [-0.2, 0) is 10.0 Å². The molecule has 7 nitrogen and oxygen atoms in total. The molecule has 1 fully saturated rings. The molecule has 1 aromatic heterocycles. The lowest BCUT2D eigenvalue weighted by molar-refractivity contribution is 0.196. The van der Waals surface area contributed by atoms with Gasteiger partial charge in [-0.2, -0.15) is 4.31 Å². The minimum Gasteiger partial charge on any atom is -0.292 e. The fourth-order valence-corrected chi connectivity index (χ4v) is 3.34. The van der Waals surface area contributed by atoms with Gasteiger partial charge in [0, 0.05) is 13.1 Å². The third kappa shape index (κ3) is 3.02. The molecule has 0 radical (unpaired) electrons. The highest BCUT2D eigenvalue weighted by Crippen LogP contribution is 2.32. The van der Waals surface area contributed by atoms with Crippen molar-refractivity contribution in [2.45, 2.75) is 31.6 Å². The van der Waals surface area contributed by atoms with Gasteiger partial charge in [0.1, 0.15) is 4.90 Å². The van der Waals surface area contributed by atoms with Crippen LogP contribution in [0.4, 0.5) is 5.95 Å². The lowest BCUT2D eigenvalue weighted by atomic mass is 9.83. The van der Waals surface area contributed by atoms with Gasteiger partial charge in [-0.3, -0.25) is 5.43 Å². The minimum absolute atomic E-state index is 0.103. The Morgan fingerprint density at radius 3 is 2.26 bits per heavy atom. The number of piperidine rings is 1. The Balaban J connectivity index is 2.18. The normalized spacial score (nSPS) is 20.2. The molecule has 106 valence electrons. The molecular formula is C11H19N5O2S. The van der Waals surface area contributed by atoms with Crippen molar-refractivity contribution in [3.63, 3.8) is 0 Å². The Kier molecular flexibility index (Phi) is 3.75. The van der Waals surface area contributed by atoms with E-state index in [0.717, 1.165) is 12.8 Å². The van der Waals surface area contributed by atoms with Crippen LogP contribution < -0.4 is 11.3 Å². The molecule has 0 saturated carbocycles. The molecule has 0 bridgehead atoms. The van der Waals surface area contributed by atoms with Gasteiger partial charge in [-0.15, -0.1) is 0 Å². The summed E-state index contributed by atoms with van der Waals surface area (Å²) < 4.78 is 26.3. The minimum atomic E-state index is -3.50. The van der Waals surface area contributed by atoms with Crippen molar-refractivity contribution < 1.29 is 8.42 Å². The van der Waals surface area contributed by atoms with Crippen LogP contribution in [-0.4, -0.2) is 35.8 Å². The number of nitrogens with zero attached hydrogens (tertiary/aromatic N) is 3. The Hall–Kier alpha value is -1.25. The van der Waals surface area contributed by atoms with Crippen molar-refractivity contribution in [3.05, 3.63) is 12.4 Å². The largest absolute Gasteiger partial charge is 0.292 e. The van der Waals surface area contributed by atoms with E-state index in [1.54, 1.807) is 0 Å². The van der Waals surface area contributed by atoms with Gasteiger partial charge in [0.05, 0.1) is 12.4 Å². The van der Waals surface area contributed by atoms with Crippen LogP contribution in [0.3, 0.4) is 0 Å². The Labute approximate surface area is 113 Å². The monoisotopic (exact) mass is 285 g/mol. The molecule has 0 spiro atoms. The van der Waals surface area contributed by atoms with E-state index in [1.165, 1.54) is 16.7 Å². The van der Waals surface area contributed by atoms with Gasteiger partial charge in [-0.25, -0.2) is 24.2 Å². The molecule has 2 rings (SSSR count). The number of anilines is 1. The van der Waals surface area contributed by atoms with Crippen LogP contribution in [0.5, 0.6) is 0 Å². The zero-order valence-corrected chi connectivity index (χ0v) is 11.9. The van der Waals surface area contributed by atoms with Crippen LogP contribution >= 0.6 is 0 Å². The molecule has 19 heavy (non-hydrogen) atoms. The quantitative estimate of drug-likeness (QED) is 0.622. The summed E-state index contributed by atoms with van der Waals surface area (Å²) in [6.07, 6.45) is 4.26. The predicted molar refractivity (Wildman–Crippen MR) is 71.6 cm³/mol. The summed E-state index contributed by atoms with van der Waals surface area (Å²) in [7, 11) is -3.50. The maximum absolute atomic E-state index is 12.4. The number of hydrogen-bond donors (Lipinski definition) is 2. The topological polar surface area (TPSA) is 101 Å². The molecule has 3 N–H and O–H groups in total. The molecule has 1 aliphatic rings. The fourth-order valence-electron chi connectivity index (χ4n) is 2.00. The van der Waals surface area contributed by atoms with Gasteiger partial charge in [-0.05, 0) is 18.3 Å². The summed E-state index contributed by atoms with van der Waals surface area (Å²) in [6.45, 7) is 5.38. The number of nitrogens with one attached hydrogen (secondary N) is 1. The van der Waals surface area contributed by atoms with Crippen LogP contribution in [0, 0.1) is 5.41 Å². The first kappa shape index (κ1) is 14.2. The molecule has 2 heterocycles. The van der Waals surface area contributed by atoms with Gasteiger partial charge in [0.25, 0.3) is 0 Å². The van der Waals surface area contributed by atoms with Crippen molar-refractivity contribution in [1.29, 1.82) is 0 Å². The maximum atomic E-state index is 12.4. The molecular weight excluding hydrogens is 266 g/mol. The molecule has 0 atom stereocenters. The molecule has 0 amide bonds. The Morgan fingerprint density at radius 1 is 1.26 bits per heavy atom. The number of nitrogens with two attached hydrogens (primary N) is 1. The molecule has 8 heteroatoms. The van der Waals surface area contributed by atoms with Crippen LogP contribution in [0.15, 0.2) is 17.3 Å². The smallest absolute Gasteiger partial charge is 0.246 e. The van der Waals surface area contributed by atoms with E-state index in [-0.39, 0.29) is 16.3 Å². The first-order valence-corrected chi connectivity index (χ1v) is 7.58. The van der Waals surface area contributed by atoms with E-state index in [1.807, 2.05) is 0 Å². The standard InChI is InChI=1S/C11H19N5O2S/c1-11(2)3-5-16(6-4-11)19(17,18)9-7-13-10(15-12)14-8-9/h7-8H,3-6,12H2,1-2H3,(H,13,14,15). The van der Waals surface area contributed by atoms with Gasteiger partial charge < -0.3 is 0 Å². The van der Waals surface area contributed by atoms with E-state index in [4.69, 9.17) is 5.84 Å². The molecule has 0 aromatic carbocycles. The first-order chi connectivity index (χ1) is 8.85. The third-order valence-electron chi connectivity index (χ3n) is 3.47. The van der Waals surface area contributed by atoms with Gasteiger partial charge >= 0.3 is 0 Å². The lowest BCUT2D eigenvalue weighted by Crippen LogP contribution is -2.41. The van der Waals surface area contributed by atoms with Crippen molar-refractivity contribution in [2.24, 2.45) is 11.3 Å². The van der Waals surface area contributed by atoms with Crippen molar-refractivity contribution in [1.82, 2.24) is 14.3 Å². The second-order valence-corrected chi connectivity index (χ2v) is 7.39. The van der Waals surface area contributed by atoms with E-state index in [0.29, 0.717) is 13.1 Å². The Bertz CT molecular complexity index is 531. The highest BCUT2D eigenvalue weighted by atomic mass is 32.2. The summed E-state index contributed by atoms with van der Waals surface area (Å²) in [5.41, 5.74) is 2.47. The van der Waals surface area contributed by atoms with E-state index in [9.17, 15) is 8.42 Å². The third-order valence-corrected chi connectivity index (χ3v) is 5.32. The zero-order chi connectivity index (χ0) is 14.1. The SMILES string of the molecule is CC1(C)CCN(S(=O)(=O)c2cnc(NN)nc2)CC1. The molecule has 0 unspecified atom stereocenters. The Morgan fingerprint density at radius 2 is 1.79 bits per heavy atom. The van der Waals surface area contributed by atoms with E-state index in [2.05, 4.69) is 29.2 Å². The van der Waals surface area contributed by atoms with E-state index >= 15 is 0 Å². The van der Waals surface area contributed by atoms with Crippen molar-refractivity contribution >= 4 is 16.0 Å². The highest BCUT2D eigenvalue weighted by Gasteiger charge is 2.33. The number of hydrogen-bond acceptors (Lipinski definition) is 6. The fraction of sp³-hybridized carbons (Fsp3) is 0.636. The number of hydrazine groups is 1. The summed E-state index contributed by atoms with van der Waals surface area (Å²) in [5, 5.41) is 0. The van der Waals surface area contributed by atoms with Crippen LogP contribution in [0.2, 0.25) is 0 Å². The molecule has 1 saturated heterocycles. The molecule has 0 aliphatic carbocycles. The lowest BCUT2D eigenvalue weighted by Gasteiger charge is -2.35. The summed E-state index contributed by atoms with van der Waals surface area (Å²) >= 11 is 0. The van der Waals surface area contributed by atoms with E-state index < -0.39 is 10.0 Å². The zero-order valence-electron chi connectivity index (χ0n) is 11.1. The van der Waals surface area contributed by atoms with Gasteiger partial charge in [-0.1, -0.05) is 13.8 Å². The predicted octanol–water partition coefficient (Wildman–Crippen LogP) is 0.573. The first-order valence-electron chi connectivity index (χ1n) is 6.14. The molecule has 1 aliphatic heterocycles. The number of sulfonamides is 1. The van der Waals surface area contributed by atoms with Crippen molar-refractivity contribution in [3.8, 4) is 0 Å². The van der Waals surface area contributed by atoms with Crippen LogP contribution in [0.1, 0.15) is 26.7 Å². The number of nitrogen functional groups attached to an aromatic ring is 1.